The molecule has 4 aliphatic rings. The second kappa shape index (κ2) is 14.7. The van der Waals surface area contributed by atoms with Crippen LogP contribution in [0.3, 0.4) is 0 Å². The molecule has 4 saturated heterocycles. The summed E-state index contributed by atoms with van der Waals surface area (Å²) in [7, 11) is 0. The van der Waals surface area contributed by atoms with Crippen molar-refractivity contribution in [2.75, 3.05) is 39.6 Å². The first kappa shape index (κ1) is 37.0. The maximum absolute atomic E-state index is 11.1. The minimum absolute atomic E-state index is 0.773. The molecule has 0 aromatic rings. The van der Waals surface area contributed by atoms with Crippen molar-refractivity contribution < 1.29 is 105 Å². The Bertz CT molecular complexity index is 945. The van der Waals surface area contributed by atoms with Crippen molar-refractivity contribution >= 4 is 0 Å². The van der Waals surface area contributed by atoms with E-state index >= 15 is 0 Å². The van der Waals surface area contributed by atoms with Gasteiger partial charge in [0.25, 0.3) is 0 Å². The lowest BCUT2D eigenvalue weighted by atomic mass is 9.97. The van der Waals surface area contributed by atoms with Crippen LogP contribution in [-0.2, 0) is 33.2 Å². The maximum Gasteiger partial charge on any atom is 0.222 e. The fraction of sp³-hybridized carbons (Fsp3) is 1.00. The number of aliphatic hydroxyl groups excluding tert-OH is 14. The third-order valence-corrected chi connectivity index (χ3v) is 8.40. The van der Waals surface area contributed by atoms with Gasteiger partial charge in [-0.05, 0) is 0 Å². The molecular formula is C24H42O21. The normalized spacial score (nSPS) is 52.4. The monoisotopic (exact) mass is 666 g/mol. The van der Waals surface area contributed by atoms with E-state index in [1.807, 2.05) is 0 Å². The predicted molar refractivity (Wildman–Crippen MR) is 134 cm³/mol. The Morgan fingerprint density at radius 1 is 0.489 bits per heavy atom. The molecule has 0 aromatic carbocycles. The second-order valence-electron chi connectivity index (χ2n) is 11.2. The van der Waals surface area contributed by atoms with Crippen LogP contribution in [0.4, 0.5) is 0 Å². The van der Waals surface area contributed by atoms with E-state index in [4.69, 9.17) is 33.2 Å². The van der Waals surface area contributed by atoms with Crippen LogP contribution in [0.15, 0.2) is 0 Å². The number of hydrogen-bond acceptors (Lipinski definition) is 21. The number of ether oxygens (including phenoxy) is 7. The average molecular weight is 667 g/mol. The quantitative estimate of drug-likeness (QED) is 0.0919. The van der Waals surface area contributed by atoms with E-state index in [1.54, 1.807) is 0 Å². The number of rotatable bonds is 12. The molecule has 18 atom stereocenters. The predicted octanol–water partition coefficient (Wildman–Crippen LogP) is -9.75. The van der Waals surface area contributed by atoms with Gasteiger partial charge >= 0.3 is 0 Å². The average Bonchev–Trinajstić information content (AvgIpc) is 3.44. The van der Waals surface area contributed by atoms with Crippen LogP contribution >= 0.6 is 0 Å². The van der Waals surface area contributed by atoms with Crippen LogP contribution < -0.4 is 0 Å². The summed E-state index contributed by atoms with van der Waals surface area (Å²) in [4.78, 5) is 0. The number of hydrogen-bond donors (Lipinski definition) is 14. The van der Waals surface area contributed by atoms with Crippen molar-refractivity contribution in [1.29, 1.82) is 0 Å². The molecule has 21 nitrogen and oxygen atoms in total. The first-order chi connectivity index (χ1) is 21.2. The highest BCUT2D eigenvalue weighted by atomic mass is 16.8. The van der Waals surface area contributed by atoms with Gasteiger partial charge in [-0.25, -0.2) is 0 Å². The molecule has 0 amide bonds. The zero-order chi connectivity index (χ0) is 33.4. The third kappa shape index (κ3) is 6.74. The molecular weight excluding hydrogens is 624 g/mol. The van der Waals surface area contributed by atoms with Gasteiger partial charge in [-0.2, -0.15) is 0 Å². The molecule has 0 aromatic heterocycles. The fourth-order valence-corrected chi connectivity index (χ4v) is 5.61. The molecule has 264 valence electrons. The van der Waals surface area contributed by atoms with Crippen LogP contribution in [0.2, 0.25) is 0 Å². The van der Waals surface area contributed by atoms with Crippen LogP contribution in [0.1, 0.15) is 0 Å². The molecule has 0 bridgehead atoms. The van der Waals surface area contributed by atoms with Crippen LogP contribution in [-0.4, -0.2) is 221 Å². The van der Waals surface area contributed by atoms with Crippen molar-refractivity contribution in [3.8, 4) is 0 Å². The lowest BCUT2D eigenvalue weighted by Crippen LogP contribution is -2.66. The first-order valence-electron chi connectivity index (χ1n) is 14.0. The molecule has 4 heterocycles. The minimum atomic E-state index is -2.56. The zero-order valence-corrected chi connectivity index (χ0v) is 23.6. The third-order valence-electron chi connectivity index (χ3n) is 8.40. The Morgan fingerprint density at radius 2 is 0.978 bits per heavy atom. The molecule has 0 aliphatic carbocycles. The summed E-state index contributed by atoms with van der Waals surface area (Å²) in [5.74, 6) is -4.89. The summed E-state index contributed by atoms with van der Waals surface area (Å²) in [6, 6.07) is 0. The summed E-state index contributed by atoms with van der Waals surface area (Å²) in [5.41, 5.74) is 0. The van der Waals surface area contributed by atoms with Crippen molar-refractivity contribution in [3.63, 3.8) is 0 Å². The molecule has 0 spiro atoms. The Labute approximate surface area is 254 Å². The van der Waals surface area contributed by atoms with Crippen molar-refractivity contribution in [1.82, 2.24) is 0 Å². The Hall–Kier alpha value is -0.840. The minimum Gasteiger partial charge on any atom is -0.394 e. The highest BCUT2D eigenvalue weighted by Crippen LogP contribution is 2.39. The van der Waals surface area contributed by atoms with Gasteiger partial charge < -0.3 is 105 Å². The second-order valence-corrected chi connectivity index (χ2v) is 11.2. The summed E-state index contributed by atoms with van der Waals surface area (Å²) in [6.45, 7) is -5.56. The van der Waals surface area contributed by atoms with Gasteiger partial charge in [-0.1, -0.05) is 0 Å². The standard InChI is InChI=1S/C24H42O21/c25-1-7-11(30)15(34)17(36)21(40-7)42-22-18(45-24(6-29)20(38)14(33)9(3-27)44-24)16(35)12(31)10(41-22)4-39-23(5-28)19(37)13(32)8(2-26)43-23/h7-22,25-38H,1-6H2/t7-,8-,9+,10+,11+,12+,13-,14+,15+,16-,17-,18+,19+,20-,21-,22+,23+,24-/m1/s1. The number of aliphatic hydroxyl groups is 14. The van der Waals surface area contributed by atoms with Gasteiger partial charge in [0, 0.05) is 0 Å². The van der Waals surface area contributed by atoms with E-state index in [9.17, 15) is 71.5 Å². The summed E-state index contributed by atoms with van der Waals surface area (Å²) < 4.78 is 38.4. The Balaban J connectivity index is 1.61. The highest BCUT2D eigenvalue weighted by Gasteiger charge is 2.61. The van der Waals surface area contributed by atoms with Crippen molar-refractivity contribution in [3.05, 3.63) is 0 Å². The van der Waals surface area contributed by atoms with Gasteiger partial charge in [0.1, 0.15) is 98.7 Å². The van der Waals surface area contributed by atoms with E-state index in [-0.39, 0.29) is 0 Å². The van der Waals surface area contributed by atoms with Crippen molar-refractivity contribution in [2.24, 2.45) is 0 Å². The van der Waals surface area contributed by atoms with Gasteiger partial charge in [0.15, 0.2) is 12.6 Å². The van der Waals surface area contributed by atoms with E-state index in [2.05, 4.69) is 0 Å². The van der Waals surface area contributed by atoms with Gasteiger partial charge in [-0.3, -0.25) is 0 Å². The lowest BCUT2D eigenvalue weighted by molar-refractivity contribution is -0.409. The summed E-state index contributed by atoms with van der Waals surface area (Å²) in [5, 5.41) is 143. The van der Waals surface area contributed by atoms with E-state index in [0.29, 0.717) is 0 Å². The van der Waals surface area contributed by atoms with Crippen LogP contribution in [0, 0.1) is 0 Å². The molecule has 0 radical (unpaired) electrons. The molecule has 4 aliphatic heterocycles. The SMILES string of the molecule is OC[C@@H]1O[C@](CO)(O[C@@H]2[C@H](O[C@H]3O[C@H](CO)[C@H](O)[C@H](O)[C@H]3O)O[C@@H](CO[C@@]3(CO)O[C@H](CO)[C@@H](O)[C@@H]3O)[C@H](O)[C@H]2O)[C@H](O)[C@H]1O. The maximum atomic E-state index is 11.1. The van der Waals surface area contributed by atoms with Crippen LogP contribution in [0.25, 0.3) is 0 Å². The summed E-state index contributed by atoms with van der Waals surface area (Å²) >= 11 is 0. The molecule has 0 saturated carbocycles. The van der Waals surface area contributed by atoms with E-state index < -0.39 is 149 Å². The Kier molecular flexibility index (Phi) is 12.1. The molecule has 0 unspecified atom stereocenters. The smallest absolute Gasteiger partial charge is 0.222 e. The summed E-state index contributed by atoms with van der Waals surface area (Å²) in [6.07, 6.45) is -29.3. The van der Waals surface area contributed by atoms with Crippen LogP contribution in [0.5, 0.6) is 0 Å². The van der Waals surface area contributed by atoms with Crippen molar-refractivity contribution in [2.45, 2.75) is 110 Å². The molecule has 45 heavy (non-hydrogen) atoms. The Morgan fingerprint density at radius 3 is 1.49 bits per heavy atom. The van der Waals surface area contributed by atoms with E-state index in [1.165, 1.54) is 0 Å². The molecule has 21 heteroatoms. The molecule has 4 fully saturated rings. The van der Waals surface area contributed by atoms with E-state index in [0.717, 1.165) is 0 Å². The zero-order valence-electron chi connectivity index (χ0n) is 23.6. The highest BCUT2D eigenvalue weighted by molar-refractivity contribution is 5.01. The largest absolute Gasteiger partial charge is 0.394 e. The van der Waals surface area contributed by atoms with Gasteiger partial charge in [0.2, 0.25) is 11.6 Å². The molecule has 14 N–H and O–H groups in total. The lowest BCUT2D eigenvalue weighted by Gasteiger charge is -2.48. The topological polar surface area (TPSA) is 348 Å². The van der Waals surface area contributed by atoms with Gasteiger partial charge in [-0.15, -0.1) is 0 Å². The first-order valence-corrected chi connectivity index (χ1v) is 14.0. The fourth-order valence-electron chi connectivity index (χ4n) is 5.61. The van der Waals surface area contributed by atoms with Gasteiger partial charge in [0.05, 0.1) is 26.4 Å². The molecule has 4 rings (SSSR count).